The Balaban J connectivity index is 0.00000161. The lowest BCUT2D eigenvalue weighted by Gasteiger charge is -2.17. The molecule has 0 amide bonds. The van der Waals surface area contributed by atoms with Crippen LogP contribution in [-0.2, 0) is 6.54 Å². The molecule has 3 rings (SSSR count). The highest BCUT2D eigenvalue weighted by atomic mass is 127. The first-order valence-electron chi connectivity index (χ1n) is 7.74. The van der Waals surface area contributed by atoms with Crippen molar-refractivity contribution in [2.75, 3.05) is 13.1 Å². The molecule has 2 saturated carbocycles. The van der Waals surface area contributed by atoms with Gasteiger partial charge in [-0.1, -0.05) is 6.07 Å². The lowest BCUT2D eigenvalue weighted by Crippen LogP contribution is -2.40. The molecule has 0 bridgehead atoms. The van der Waals surface area contributed by atoms with Crippen LogP contribution in [0, 0.1) is 11.3 Å². The van der Waals surface area contributed by atoms with Gasteiger partial charge in [0.05, 0.1) is 12.2 Å². The van der Waals surface area contributed by atoms with Crippen LogP contribution in [0.4, 0.5) is 0 Å². The number of aliphatic imine (C=N–C) groups is 1. The fourth-order valence-electron chi connectivity index (χ4n) is 2.84. The molecule has 0 aromatic carbocycles. The van der Waals surface area contributed by atoms with Crippen LogP contribution in [0.15, 0.2) is 29.4 Å². The van der Waals surface area contributed by atoms with Crippen molar-refractivity contribution >= 4 is 29.9 Å². The van der Waals surface area contributed by atoms with Crippen LogP contribution in [0.1, 0.15) is 38.3 Å². The van der Waals surface area contributed by atoms with Crippen LogP contribution in [-0.4, -0.2) is 24.0 Å². The van der Waals surface area contributed by atoms with Crippen LogP contribution in [0.2, 0.25) is 0 Å². The Hall–Kier alpha value is -0.850. The summed E-state index contributed by atoms with van der Waals surface area (Å²) in [4.78, 5) is 8.93. The van der Waals surface area contributed by atoms with Gasteiger partial charge in [0, 0.05) is 19.3 Å². The Morgan fingerprint density at radius 2 is 2.14 bits per heavy atom. The first-order chi connectivity index (χ1) is 9.82. The van der Waals surface area contributed by atoms with E-state index in [1.165, 1.54) is 25.7 Å². The van der Waals surface area contributed by atoms with Crippen molar-refractivity contribution in [2.45, 2.75) is 39.2 Å². The highest BCUT2D eigenvalue weighted by Crippen LogP contribution is 2.60. The summed E-state index contributed by atoms with van der Waals surface area (Å²) in [5, 5.41) is 6.85. The minimum absolute atomic E-state index is 0. The molecule has 2 aliphatic carbocycles. The maximum atomic E-state index is 4.63. The minimum atomic E-state index is 0. The number of hydrogen-bond donors (Lipinski definition) is 2. The fraction of sp³-hybridized carbons (Fsp3) is 0.625. The standard InChI is InChI=1S/C16H24N4.HI/c1-2-17-15(19-11-14-5-3-4-10-18-14)20-12-16(8-9-16)13-6-7-13;/h3-5,10,13H,2,6-9,11-12H2,1H3,(H2,17,19,20);1H. The SMILES string of the molecule is CCNC(=NCc1ccccn1)NCC1(C2CC2)CC1.I. The number of nitrogens with one attached hydrogen (secondary N) is 2. The quantitative estimate of drug-likeness (QED) is 0.439. The van der Waals surface area contributed by atoms with E-state index in [-0.39, 0.29) is 24.0 Å². The summed E-state index contributed by atoms with van der Waals surface area (Å²) in [6.45, 7) is 4.70. The van der Waals surface area contributed by atoms with E-state index in [1.807, 2.05) is 24.4 Å². The van der Waals surface area contributed by atoms with Crippen LogP contribution in [0.25, 0.3) is 0 Å². The van der Waals surface area contributed by atoms with Gasteiger partial charge in [-0.3, -0.25) is 4.98 Å². The highest BCUT2D eigenvalue weighted by molar-refractivity contribution is 14.0. The van der Waals surface area contributed by atoms with E-state index in [4.69, 9.17) is 0 Å². The normalized spacial score (nSPS) is 19.6. The van der Waals surface area contributed by atoms with Crippen molar-refractivity contribution < 1.29 is 0 Å². The van der Waals surface area contributed by atoms with Gasteiger partial charge >= 0.3 is 0 Å². The smallest absolute Gasteiger partial charge is 0.191 e. The summed E-state index contributed by atoms with van der Waals surface area (Å²) in [6.07, 6.45) is 7.47. The van der Waals surface area contributed by atoms with Gasteiger partial charge in [-0.15, -0.1) is 24.0 Å². The Morgan fingerprint density at radius 3 is 2.71 bits per heavy atom. The Bertz CT molecular complexity index is 466. The Morgan fingerprint density at radius 1 is 1.33 bits per heavy atom. The molecule has 21 heavy (non-hydrogen) atoms. The molecule has 0 atom stereocenters. The Labute approximate surface area is 144 Å². The molecule has 2 fully saturated rings. The second-order valence-electron chi connectivity index (χ2n) is 6.01. The van der Waals surface area contributed by atoms with Gasteiger partial charge in [0.2, 0.25) is 0 Å². The average molecular weight is 400 g/mol. The number of pyridine rings is 1. The summed E-state index contributed by atoms with van der Waals surface area (Å²) in [5.74, 6) is 1.90. The largest absolute Gasteiger partial charge is 0.357 e. The number of hydrogen-bond acceptors (Lipinski definition) is 2. The van der Waals surface area contributed by atoms with Crippen molar-refractivity contribution in [2.24, 2.45) is 16.3 Å². The van der Waals surface area contributed by atoms with E-state index < -0.39 is 0 Å². The second kappa shape index (κ2) is 7.42. The maximum absolute atomic E-state index is 4.63. The van der Waals surface area contributed by atoms with Crippen LogP contribution in [0.5, 0.6) is 0 Å². The molecule has 2 aliphatic rings. The topological polar surface area (TPSA) is 49.3 Å². The molecule has 5 heteroatoms. The molecule has 0 aliphatic heterocycles. The first kappa shape index (κ1) is 16.5. The molecule has 0 radical (unpaired) electrons. The van der Waals surface area contributed by atoms with Crippen LogP contribution in [0.3, 0.4) is 0 Å². The van der Waals surface area contributed by atoms with Crippen LogP contribution < -0.4 is 10.6 Å². The Kier molecular flexibility index (Phi) is 5.84. The van der Waals surface area contributed by atoms with Crippen molar-refractivity contribution in [3.8, 4) is 0 Å². The molecule has 1 aromatic rings. The summed E-state index contributed by atoms with van der Waals surface area (Å²) in [7, 11) is 0. The van der Waals surface area contributed by atoms with E-state index in [2.05, 4.69) is 27.5 Å². The molecule has 2 N–H and O–H groups in total. The summed E-state index contributed by atoms with van der Waals surface area (Å²) in [5.41, 5.74) is 1.61. The molecule has 0 spiro atoms. The van der Waals surface area contributed by atoms with Gasteiger partial charge in [-0.25, -0.2) is 4.99 Å². The number of aromatic nitrogens is 1. The zero-order valence-electron chi connectivity index (χ0n) is 12.6. The number of rotatable bonds is 6. The molecule has 1 aromatic heterocycles. The van der Waals surface area contributed by atoms with Crippen molar-refractivity contribution in [3.05, 3.63) is 30.1 Å². The van der Waals surface area contributed by atoms with E-state index in [9.17, 15) is 0 Å². The fourth-order valence-corrected chi connectivity index (χ4v) is 2.84. The number of halogens is 1. The molecule has 0 unspecified atom stereocenters. The van der Waals surface area contributed by atoms with Crippen molar-refractivity contribution in [3.63, 3.8) is 0 Å². The molecule has 1 heterocycles. The average Bonchev–Trinajstić information content (AvgIpc) is 3.36. The van der Waals surface area contributed by atoms with Gasteiger partial charge in [-0.2, -0.15) is 0 Å². The van der Waals surface area contributed by atoms with Gasteiger partial charge in [0.25, 0.3) is 0 Å². The monoisotopic (exact) mass is 400 g/mol. The summed E-state index contributed by atoms with van der Waals surface area (Å²) >= 11 is 0. The predicted octanol–water partition coefficient (Wildman–Crippen LogP) is 2.94. The summed E-state index contributed by atoms with van der Waals surface area (Å²) < 4.78 is 0. The number of nitrogens with zero attached hydrogens (tertiary/aromatic N) is 2. The van der Waals surface area contributed by atoms with Gasteiger partial charge in [-0.05, 0) is 56.1 Å². The lowest BCUT2D eigenvalue weighted by atomic mass is 10.0. The van der Waals surface area contributed by atoms with E-state index in [0.717, 1.165) is 30.7 Å². The van der Waals surface area contributed by atoms with E-state index in [1.54, 1.807) is 0 Å². The molecular weight excluding hydrogens is 375 g/mol. The lowest BCUT2D eigenvalue weighted by molar-refractivity contribution is 0.431. The van der Waals surface area contributed by atoms with Crippen molar-refractivity contribution in [1.82, 2.24) is 15.6 Å². The zero-order chi connectivity index (χ0) is 13.8. The van der Waals surface area contributed by atoms with Gasteiger partial charge in [0.1, 0.15) is 0 Å². The summed E-state index contributed by atoms with van der Waals surface area (Å²) in [6, 6.07) is 5.95. The maximum Gasteiger partial charge on any atom is 0.191 e. The third-order valence-corrected chi connectivity index (χ3v) is 4.41. The molecule has 116 valence electrons. The third-order valence-electron chi connectivity index (χ3n) is 4.41. The molecular formula is C16H25IN4. The molecule has 0 saturated heterocycles. The number of guanidine groups is 1. The highest BCUT2D eigenvalue weighted by Gasteiger charge is 2.53. The van der Waals surface area contributed by atoms with E-state index >= 15 is 0 Å². The van der Waals surface area contributed by atoms with Gasteiger partial charge in [0.15, 0.2) is 5.96 Å². The van der Waals surface area contributed by atoms with E-state index in [0.29, 0.717) is 12.0 Å². The third kappa shape index (κ3) is 4.56. The first-order valence-corrected chi connectivity index (χ1v) is 7.74. The zero-order valence-corrected chi connectivity index (χ0v) is 15.0. The minimum Gasteiger partial charge on any atom is -0.357 e. The van der Waals surface area contributed by atoms with Gasteiger partial charge < -0.3 is 10.6 Å². The van der Waals surface area contributed by atoms with Crippen molar-refractivity contribution in [1.29, 1.82) is 0 Å². The van der Waals surface area contributed by atoms with Crippen LogP contribution >= 0.6 is 24.0 Å². The predicted molar refractivity (Wildman–Crippen MR) is 96.9 cm³/mol. The second-order valence-corrected chi connectivity index (χ2v) is 6.01. The molecule has 4 nitrogen and oxygen atoms in total.